The summed E-state index contributed by atoms with van der Waals surface area (Å²) in [6.07, 6.45) is 1.71. The monoisotopic (exact) mass is 422 g/mol. The lowest BCUT2D eigenvalue weighted by Gasteiger charge is -2.36. The van der Waals surface area contributed by atoms with Crippen LogP contribution in [-0.4, -0.2) is 43.8 Å². The fourth-order valence-corrected chi connectivity index (χ4v) is 6.21. The molecule has 5 heteroatoms. The topological polar surface area (TPSA) is 40.6 Å². The molecule has 3 aromatic carbocycles. The van der Waals surface area contributed by atoms with E-state index >= 15 is 0 Å². The van der Waals surface area contributed by atoms with E-state index in [0.29, 0.717) is 11.4 Å². The molecule has 0 amide bonds. The average molecular weight is 423 g/mol. The Hall–Kier alpha value is -2.21. The van der Waals surface area contributed by atoms with Crippen molar-refractivity contribution in [2.45, 2.75) is 44.2 Å². The molecular formula is C25H30N2O2S. The van der Waals surface area contributed by atoms with Gasteiger partial charge in [0.05, 0.1) is 4.90 Å². The highest BCUT2D eigenvalue weighted by Gasteiger charge is 2.33. The number of nitrogens with zero attached hydrogens (tertiary/aromatic N) is 2. The molecule has 0 radical (unpaired) electrons. The number of piperidine rings is 1. The van der Waals surface area contributed by atoms with Crippen LogP contribution in [0.3, 0.4) is 0 Å². The maximum Gasteiger partial charge on any atom is 0.243 e. The number of fused-ring (bicyclic) bond motifs is 1. The fraction of sp³-hybridized carbons (Fsp3) is 0.360. The fourth-order valence-electron chi connectivity index (χ4n) is 4.50. The van der Waals surface area contributed by atoms with Crippen molar-refractivity contribution in [2.75, 3.05) is 20.1 Å². The average Bonchev–Trinajstić information content (AvgIpc) is 2.71. The molecule has 1 aliphatic rings. The summed E-state index contributed by atoms with van der Waals surface area (Å²) < 4.78 is 29.4. The SMILES string of the molecule is Cc1cc(C)cc(CN(C2CCN(C)CC2)S(=O)(=O)c2ccc3ccccc3c2)c1. The van der Waals surface area contributed by atoms with Gasteiger partial charge in [0.15, 0.2) is 0 Å². The van der Waals surface area contributed by atoms with Gasteiger partial charge in [-0.05, 0) is 75.3 Å². The van der Waals surface area contributed by atoms with E-state index in [1.54, 1.807) is 10.4 Å². The summed E-state index contributed by atoms with van der Waals surface area (Å²) in [6, 6.07) is 19.7. The van der Waals surface area contributed by atoms with E-state index in [1.165, 1.54) is 0 Å². The van der Waals surface area contributed by atoms with Gasteiger partial charge in [-0.25, -0.2) is 8.42 Å². The summed E-state index contributed by atoms with van der Waals surface area (Å²) in [4.78, 5) is 2.65. The van der Waals surface area contributed by atoms with Gasteiger partial charge in [-0.2, -0.15) is 4.31 Å². The van der Waals surface area contributed by atoms with Crippen LogP contribution < -0.4 is 0 Å². The minimum atomic E-state index is -3.62. The highest BCUT2D eigenvalue weighted by molar-refractivity contribution is 7.89. The standard InChI is InChI=1S/C25H30N2O2S/c1-19-14-20(2)16-21(15-19)18-27(24-10-12-26(3)13-11-24)30(28,29)25-9-8-22-6-4-5-7-23(22)17-25/h4-9,14-17,24H,10-13,18H2,1-3H3. The molecule has 4 rings (SSSR count). The second-order valence-corrected chi connectivity index (χ2v) is 10.5. The lowest BCUT2D eigenvalue weighted by Crippen LogP contribution is -2.46. The molecule has 0 bridgehead atoms. The molecule has 0 spiro atoms. The minimum absolute atomic E-state index is 0.0125. The second-order valence-electron chi connectivity index (χ2n) is 8.59. The van der Waals surface area contributed by atoms with Crippen molar-refractivity contribution in [2.24, 2.45) is 0 Å². The van der Waals surface area contributed by atoms with Gasteiger partial charge < -0.3 is 4.90 Å². The maximum atomic E-state index is 13.8. The third-order valence-electron chi connectivity index (χ3n) is 6.04. The van der Waals surface area contributed by atoms with E-state index in [0.717, 1.165) is 53.4 Å². The van der Waals surface area contributed by atoms with Crippen LogP contribution in [0.15, 0.2) is 65.6 Å². The van der Waals surface area contributed by atoms with Crippen LogP contribution in [0.5, 0.6) is 0 Å². The molecule has 4 nitrogen and oxygen atoms in total. The molecule has 3 aromatic rings. The van der Waals surface area contributed by atoms with Gasteiger partial charge in [-0.1, -0.05) is 59.7 Å². The van der Waals surface area contributed by atoms with Crippen LogP contribution in [0.2, 0.25) is 0 Å². The number of hydrogen-bond donors (Lipinski definition) is 0. The van der Waals surface area contributed by atoms with Crippen molar-refractivity contribution < 1.29 is 8.42 Å². The van der Waals surface area contributed by atoms with Crippen LogP contribution in [0, 0.1) is 13.8 Å². The molecule has 1 saturated heterocycles. The number of rotatable bonds is 5. The predicted molar refractivity (Wildman–Crippen MR) is 123 cm³/mol. The van der Waals surface area contributed by atoms with Crippen LogP contribution >= 0.6 is 0 Å². The van der Waals surface area contributed by atoms with Crippen molar-refractivity contribution in [3.8, 4) is 0 Å². The van der Waals surface area contributed by atoms with Crippen molar-refractivity contribution in [3.05, 3.63) is 77.4 Å². The number of benzene rings is 3. The first-order valence-corrected chi connectivity index (χ1v) is 12.0. The summed E-state index contributed by atoms with van der Waals surface area (Å²) in [6.45, 7) is 6.37. The van der Waals surface area contributed by atoms with Gasteiger partial charge in [0.2, 0.25) is 10.0 Å². The van der Waals surface area contributed by atoms with Crippen LogP contribution in [0.25, 0.3) is 10.8 Å². The Morgan fingerprint density at radius 2 is 1.53 bits per heavy atom. The first-order valence-electron chi connectivity index (χ1n) is 10.6. The highest BCUT2D eigenvalue weighted by Crippen LogP contribution is 2.28. The summed E-state index contributed by atoms with van der Waals surface area (Å²) >= 11 is 0. The molecular weight excluding hydrogens is 392 g/mol. The van der Waals surface area contributed by atoms with E-state index in [4.69, 9.17) is 0 Å². The Kier molecular flexibility index (Phi) is 5.96. The zero-order chi connectivity index (χ0) is 21.3. The Morgan fingerprint density at radius 3 is 2.20 bits per heavy atom. The summed E-state index contributed by atoms with van der Waals surface area (Å²) in [5, 5.41) is 2.00. The molecule has 0 N–H and O–H groups in total. The van der Waals surface area contributed by atoms with Gasteiger partial charge in [-0.15, -0.1) is 0 Å². The molecule has 1 heterocycles. The molecule has 0 aromatic heterocycles. The first kappa shape index (κ1) is 21.0. The Labute approximate surface area is 180 Å². The van der Waals surface area contributed by atoms with Gasteiger partial charge in [0.1, 0.15) is 0 Å². The number of hydrogen-bond acceptors (Lipinski definition) is 3. The van der Waals surface area contributed by atoms with Crippen molar-refractivity contribution in [1.29, 1.82) is 0 Å². The van der Waals surface area contributed by atoms with Crippen molar-refractivity contribution in [1.82, 2.24) is 9.21 Å². The molecule has 0 atom stereocenters. The van der Waals surface area contributed by atoms with E-state index in [2.05, 4.69) is 44.0 Å². The molecule has 0 aliphatic carbocycles. The summed E-state index contributed by atoms with van der Waals surface area (Å²) in [7, 11) is -1.52. The number of sulfonamides is 1. The Balaban J connectivity index is 1.74. The molecule has 0 saturated carbocycles. The van der Waals surface area contributed by atoms with Crippen LogP contribution in [0.4, 0.5) is 0 Å². The maximum absolute atomic E-state index is 13.8. The molecule has 1 aliphatic heterocycles. The van der Waals surface area contributed by atoms with Gasteiger partial charge in [0.25, 0.3) is 0 Å². The second kappa shape index (κ2) is 8.50. The summed E-state index contributed by atoms with van der Waals surface area (Å²) in [5.41, 5.74) is 3.38. The van der Waals surface area contributed by atoms with E-state index in [-0.39, 0.29) is 6.04 Å². The zero-order valence-corrected chi connectivity index (χ0v) is 18.8. The smallest absolute Gasteiger partial charge is 0.243 e. The lowest BCUT2D eigenvalue weighted by atomic mass is 10.0. The minimum Gasteiger partial charge on any atom is -0.306 e. The molecule has 0 unspecified atom stereocenters. The number of likely N-dealkylation sites (tertiary alicyclic amines) is 1. The molecule has 1 fully saturated rings. The van der Waals surface area contributed by atoms with Crippen LogP contribution in [-0.2, 0) is 16.6 Å². The molecule has 158 valence electrons. The van der Waals surface area contributed by atoms with E-state index in [9.17, 15) is 8.42 Å². The Bertz CT molecular complexity index is 1130. The third kappa shape index (κ3) is 4.43. The van der Waals surface area contributed by atoms with E-state index in [1.807, 2.05) is 36.4 Å². The van der Waals surface area contributed by atoms with E-state index < -0.39 is 10.0 Å². The molecule has 30 heavy (non-hydrogen) atoms. The largest absolute Gasteiger partial charge is 0.306 e. The first-order chi connectivity index (χ1) is 14.3. The van der Waals surface area contributed by atoms with Crippen LogP contribution in [0.1, 0.15) is 29.5 Å². The number of aryl methyl sites for hydroxylation is 2. The quantitative estimate of drug-likeness (QED) is 0.596. The summed E-state index contributed by atoms with van der Waals surface area (Å²) in [5.74, 6) is 0. The normalized spacial score (nSPS) is 16.4. The van der Waals surface area contributed by atoms with Crippen molar-refractivity contribution in [3.63, 3.8) is 0 Å². The van der Waals surface area contributed by atoms with Gasteiger partial charge in [-0.3, -0.25) is 0 Å². The zero-order valence-electron chi connectivity index (χ0n) is 18.0. The predicted octanol–water partition coefficient (Wildman–Crippen LogP) is 4.74. The van der Waals surface area contributed by atoms with Gasteiger partial charge in [0, 0.05) is 12.6 Å². The Morgan fingerprint density at radius 1 is 0.900 bits per heavy atom. The third-order valence-corrected chi connectivity index (χ3v) is 7.94. The van der Waals surface area contributed by atoms with Crippen molar-refractivity contribution >= 4 is 20.8 Å². The lowest BCUT2D eigenvalue weighted by molar-refractivity contribution is 0.179. The highest BCUT2D eigenvalue weighted by atomic mass is 32.2. The van der Waals surface area contributed by atoms with Gasteiger partial charge >= 0.3 is 0 Å².